The summed E-state index contributed by atoms with van der Waals surface area (Å²) in [5.41, 5.74) is 0. The van der Waals surface area contributed by atoms with Crippen LogP contribution < -0.4 is 4.74 Å². The maximum Gasteiger partial charge on any atom is 0.246 e. The fraction of sp³-hybridized carbons (Fsp3) is 0.667. The van der Waals surface area contributed by atoms with Crippen LogP contribution in [-0.2, 0) is 0 Å². The predicted molar refractivity (Wildman–Crippen MR) is 56.0 cm³/mol. The molecule has 0 radical (unpaired) electrons. The molecule has 0 spiro atoms. The maximum absolute atomic E-state index is 5.66. The van der Waals surface area contributed by atoms with Crippen LogP contribution in [0.25, 0.3) is 0 Å². The van der Waals surface area contributed by atoms with Crippen LogP contribution in [0.3, 0.4) is 0 Å². The highest BCUT2D eigenvalue weighted by atomic mass is 35.5. The zero-order chi connectivity index (χ0) is 10.7. The fourth-order valence-corrected chi connectivity index (χ4v) is 1.73. The molecule has 0 saturated carbocycles. The third kappa shape index (κ3) is 3.00. The van der Waals surface area contributed by atoms with E-state index in [9.17, 15) is 0 Å². The first-order valence-electron chi connectivity index (χ1n) is 4.94. The Morgan fingerprint density at radius 3 is 2.87 bits per heavy atom. The number of ether oxygens (including phenoxy) is 1. The Labute approximate surface area is 93.4 Å². The van der Waals surface area contributed by atoms with Crippen molar-refractivity contribution in [1.82, 2.24) is 20.1 Å². The molecule has 1 aromatic rings. The van der Waals surface area contributed by atoms with E-state index in [1.54, 1.807) is 0 Å². The molecule has 1 aliphatic rings. The van der Waals surface area contributed by atoms with Crippen molar-refractivity contribution in [3.63, 3.8) is 0 Å². The molecule has 15 heavy (non-hydrogen) atoms. The van der Waals surface area contributed by atoms with Crippen molar-refractivity contribution >= 4 is 11.6 Å². The van der Waals surface area contributed by atoms with E-state index in [-0.39, 0.29) is 11.4 Å². The molecule has 0 amide bonds. The normalized spacial score (nSPS) is 19.1. The number of nitrogens with zero attached hydrogens (tertiary/aromatic N) is 4. The Morgan fingerprint density at radius 2 is 2.20 bits per heavy atom. The highest BCUT2D eigenvalue weighted by Gasteiger charge is 2.18. The summed E-state index contributed by atoms with van der Waals surface area (Å²) >= 11 is 5.61. The molecule has 2 rings (SSSR count). The van der Waals surface area contributed by atoms with Gasteiger partial charge in [0.25, 0.3) is 0 Å². The third-order valence-corrected chi connectivity index (χ3v) is 2.62. The number of likely N-dealkylation sites (tertiary alicyclic amines) is 1. The summed E-state index contributed by atoms with van der Waals surface area (Å²) in [6.45, 7) is 2.10. The lowest BCUT2D eigenvalue weighted by atomic mass is 10.1. The molecule has 1 aromatic heterocycles. The van der Waals surface area contributed by atoms with E-state index in [1.165, 1.54) is 6.20 Å². The molecule has 0 bridgehead atoms. The lowest BCUT2D eigenvalue weighted by Crippen LogP contribution is -2.35. The Balaban J connectivity index is 1.92. The number of aromatic nitrogens is 3. The van der Waals surface area contributed by atoms with Crippen LogP contribution in [0.4, 0.5) is 0 Å². The van der Waals surface area contributed by atoms with Crippen molar-refractivity contribution in [3.05, 3.63) is 11.5 Å². The van der Waals surface area contributed by atoms with E-state index in [1.807, 2.05) is 0 Å². The van der Waals surface area contributed by atoms with Gasteiger partial charge in [-0.15, -0.1) is 5.10 Å². The van der Waals surface area contributed by atoms with Gasteiger partial charge in [0.05, 0.1) is 0 Å². The second-order valence-electron chi connectivity index (χ2n) is 3.68. The minimum atomic E-state index is 0.125. The van der Waals surface area contributed by atoms with Gasteiger partial charge in [-0.3, -0.25) is 0 Å². The topological polar surface area (TPSA) is 51.1 Å². The van der Waals surface area contributed by atoms with Crippen molar-refractivity contribution in [2.45, 2.75) is 18.9 Å². The lowest BCUT2D eigenvalue weighted by Gasteiger charge is -2.28. The quantitative estimate of drug-likeness (QED) is 0.756. The first-order valence-corrected chi connectivity index (χ1v) is 5.32. The minimum absolute atomic E-state index is 0.125. The standard InChI is InChI=1S/C9H13ClN4O/c1-14-4-2-7(3-5-14)15-8-6-11-13-9(10)12-8/h6-7H,2-5H2,1H3. The number of rotatable bonds is 2. The van der Waals surface area contributed by atoms with Gasteiger partial charge in [-0.1, -0.05) is 0 Å². The number of hydrogen-bond acceptors (Lipinski definition) is 5. The molecule has 1 fully saturated rings. The zero-order valence-electron chi connectivity index (χ0n) is 8.56. The molecule has 5 nitrogen and oxygen atoms in total. The van der Waals surface area contributed by atoms with Gasteiger partial charge in [-0.2, -0.15) is 10.1 Å². The minimum Gasteiger partial charge on any atom is -0.473 e. The molecule has 0 N–H and O–H groups in total. The summed E-state index contributed by atoms with van der Waals surface area (Å²) in [4.78, 5) is 6.23. The molecule has 0 aromatic carbocycles. The van der Waals surface area contributed by atoms with Crippen LogP contribution in [0.15, 0.2) is 6.20 Å². The van der Waals surface area contributed by atoms with Gasteiger partial charge in [0.15, 0.2) is 0 Å². The SMILES string of the molecule is CN1CCC(Oc2cnnc(Cl)n2)CC1. The second-order valence-corrected chi connectivity index (χ2v) is 4.02. The number of piperidine rings is 1. The smallest absolute Gasteiger partial charge is 0.246 e. The zero-order valence-corrected chi connectivity index (χ0v) is 9.31. The number of halogens is 1. The predicted octanol–water partition coefficient (Wildman–Crippen LogP) is 0.998. The number of hydrogen-bond donors (Lipinski definition) is 0. The summed E-state index contributed by atoms with van der Waals surface area (Å²) in [6.07, 6.45) is 3.73. The van der Waals surface area contributed by atoms with E-state index >= 15 is 0 Å². The molecule has 1 aliphatic heterocycles. The van der Waals surface area contributed by atoms with Gasteiger partial charge in [0.1, 0.15) is 12.3 Å². The van der Waals surface area contributed by atoms with Gasteiger partial charge in [-0.25, -0.2) is 0 Å². The van der Waals surface area contributed by atoms with Gasteiger partial charge < -0.3 is 9.64 Å². The van der Waals surface area contributed by atoms with Crippen LogP contribution >= 0.6 is 11.6 Å². The molecule has 82 valence electrons. The summed E-state index contributed by atoms with van der Waals surface area (Å²) in [7, 11) is 2.11. The molecular formula is C9H13ClN4O. The second kappa shape index (κ2) is 4.72. The van der Waals surface area contributed by atoms with Crippen molar-refractivity contribution < 1.29 is 4.74 Å². The Hall–Kier alpha value is -0.940. The van der Waals surface area contributed by atoms with Crippen LogP contribution in [0.1, 0.15) is 12.8 Å². The Morgan fingerprint density at radius 1 is 1.47 bits per heavy atom. The molecule has 2 heterocycles. The van der Waals surface area contributed by atoms with Gasteiger partial charge >= 0.3 is 0 Å². The maximum atomic E-state index is 5.66. The Bertz CT molecular complexity index is 328. The van der Waals surface area contributed by atoms with Gasteiger partial charge in [0, 0.05) is 13.1 Å². The summed E-state index contributed by atoms with van der Waals surface area (Å²) in [5, 5.41) is 7.37. The summed E-state index contributed by atoms with van der Waals surface area (Å²) < 4.78 is 5.66. The van der Waals surface area contributed by atoms with Crippen LogP contribution in [0.5, 0.6) is 5.88 Å². The van der Waals surface area contributed by atoms with Crippen molar-refractivity contribution in [2.24, 2.45) is 0 Å². The fourth-order valence-electron chi connectivity index (χ4n) is 1.60. The molecular weight excluding hydrogens is 216 g/mol. The lowest BCUT2D eigenvalue weighted by molar-refractivity contribution is 0.109. The molecule has 0 unspecified atom stereocenters. The first kappa shape index (κ1) is 10.6. The average molecular weight is 229 g/mol. The Kier molecular flexibility index (Phi) is 3.33. The molecule has 0 atom stereocenters. The van der Waals surface area contributed by atoms with Crippen molar-refractivity contribution in [1.29, 1.82) is 0 Å². The highest BCUT2D eigenvalue weighted by Crippen LogP contribution is 2.16. The van der Waals surface area contributed by atoms with Crippen LogP contribution in [0.2, 0.25) is 5.28 Å². The molecule has 1 saturated heterocycles. The van der Waals surface area contributed by atoms with E-state index < -0.39 is 0 Å². The van der Waals surface area contributed by atoms with Crippen molar-refractivity contribution in [2.75, 3.05) is 20.1 Å². The highest BCUT2D eigenvalue weighted by molar-refractivity contribution is 6.28. The summed E-state index contributed by atoms with van der Waals surface area (Å²) in [5.74, 6) is 0.463. The van der Waals surface area contributed by atoms with Crippen LogP contribution in [0, 0.1) is 0 Å². The summed E-state index contributed by atoms with van der Waals surface area (Å²) in [6, 6.07) is 0. The largest absolute Gasteiger partial charge is 0.473 e. The van der Waals surface area contributed by atoms with Gasteiger partial charge in [0.2, 0.25) is 11.2 Å². The molecule has 6 heteroatoms. The van der Waals surface area contributed by atoms with E-state index in [0.717, 1.165) is 25.9 Å². The van der Waals surface area contributed by atoms with Gasteiger partial charge in [-0.05, 0) is 31.5 Å². The molecule has 0 aliphatic carbocycles. The monoisotopic (exact) mass is 228 g/mol. The average Bonchev–Trinajstić information content (AvgIpc) is 2.22. The van der Waals surface area contributed by atoms with E-state index in [2.05, 4.69) is 27.1 Å². The van der Waals surface area contributed by atoms with E-state index in [0.29, 0.717) is 5.88 Å². The van der Waals surface area contributed by atoms with Crippen LogP contribution in [-0.4, -0.2) is 46.3 Å². The van der Waals surface area contributed by atoms with Crippen molar-refractivity contribution in [3.8, 4) is 5.88 Å². The van der Waals surface area contributed by atoms with E-state index in [4.69, 9.17) is 16.3 Å². The third-order valence-electron chi connectivity index (χ3n) is 2.46. The first-order chi connectivity index (χ1) is 7.24.